The van der Waals surface area contributed by atoms with Crippen LogP contribution in [0.25, 0.3) is 16.6 Å². The number of halogens is 1. The summed E-state index contributed by atoms with van der Waals surface area (Å²) in [7, 11) is 0. The van der Waals surface area contributed by atoms with Gasteiger partial charge in [0.15, 0.2) is 0 Å². The topological polar surface area (TPSA) is 64.6 Å². The van der Waals surface area contributed by atoms with Crippen molar-refractivity contribution in [3.05, 3.63) is 66.2 Å². The number of nitrogens with two attached hydrogens (primary N) is 1. The van der Waals surface area contributed by atoms with E-state index in [9.17, 15) is 14.0 Å². The minimum absolute atomic E-state index is 0.185. The fourth-order valence-electron chi connectivity index (χ4n) is 2.32. The van der Waals surface area contributed by atoms with Gasteiger partial charge in [-0.25, -0.2) is 4.39 Å². The third-order valence-corrected chi connectivity index (χ3v) is 3.27. The molecule has 0 spiro atoms. The second-order valence-corrected chi connectivity index (χ2v) is 4.60. The Bertz CT molecular complexity index is 850. The number of primary amides is 1. The number of fused-ring (bicyclic) bond motifs is 1. The quantitative estimate of drug-likeness (QED) is 0.592. The molecule has 0 aliphatic carbocycles. The van der Waals surface area contributed by atoms with Crippen molar-refractivity contribution in [2.45, 2.75) is 0 Å². The van der Waals surface area contributed by atoms with Gasteiger partial charge in [-0.3, -0.25) is 9.59 Å². The molecule has 2 N–H and O–H groups in total. The molecule has 2 aromatic heterocycles. The van der Waals surface area contributed by atoms with Crippen molar-refractivity contribution in [2.75, 3.05) is 0 Å². The monoisotopic (exact) mass is 282 g/mol. The highest BCUT2D eigenvalue weighted by Crippen LogP contribution is 2.28. The number of nitrogens with zero attached hydrogens (tertiary/aromatic N) is 1. The summed E-state index contributed by atoms with van der Waals surface area (Å²) in [6.07, 6.45) is 1.68. The molecule has 0 saturated heterocycles. The molecular weight excluding hydrogens is 271 g/mol. The highest BCUT2D eigenvalue weighted by Gasteiger charge is 2.22. The van der Waals surface area contributed by atoms with Crippen LogP contribution in [-0.4, -0.2) is 16.1 Å². The first-order valence-corrected chi connectivity index (χ1v) is 6.28. The predicted molar refractivity (Wildman–Crippen MR) is 76.3 cm³/mol. The van der Waals surface area contributed by atoms with Gasteiger partial charge < -0.3 is 10.1 Å². The molecule has 104 valence electrons. The highest BCUT2D eigenvalue weighted by molar-refractivity contribution is 6.43. The number of rotatable bonds is 3. The maximum Gasteiger partial charge on any atom is 0.291 e. The number of hydrogen-bond donors (Lipinski definition) is 1. The zero-order chi connectivity index (χ0) is 15.0. The Morgan fingerprint density at radius 2 is 1.76 bits per heavy atom. The van der Waals surface area contributed by atoms with E-state index in [4.69, 9.17) is 5.73 Å². The van der Waals surface area contributed by atoms with Gasteiger partial charge in [0.05, 0.1) is 0 Å². The predicted octanol–water partition coefficient (Wildman–Crippen LogP) is 2.41. The molecule has 0 bridgehead atoms. The molecule has 0 radical (unpaired) electrons. The van der Waals surface area contributed by atoms with Gasteiger partial charge in [-0.15, -0.1) is 0 Å². The summed E-state index contributed by atoms with van der Waals surface area (Å²) in [6.45, 7) is 0. The van der Waals surface area contributed by atoms with Crippen LogP contribution in [0.5, 0.6) is 0 Å². The van der Waals surface area contributed by atoms with Gasteiger partial charge in [0.2, 0.25) is 0 Å². The van der Waals surface area contributed by atoms with Crippen molar-refractivity contribution in [3.8, 4) is 11.1 Å². The molecule has 0 fully saturated rings. The maximum absolute atomic E-state index is 13.0. The summed E-state index contributed by atoms with van der Waals surface area (Å²) in [6, 6.07) is 12.9. The van der Waals surface area contributed by atoms with Gasteiger partial charge in [0, 0.05) is 17.3 Å². The minimum Gasteiger partial charge on any atom is -0.363 e. The molecule has 1 amide bonds. The summed E-state index contributed by atoms with van der Waals surface area (Å²) in [5.41, 5.74) is 7.25. The lowest BCUT2D eigenvalue weighted by Gasteiger charge is -2.04. The number of benzene rings is 1. The second kappa shape index (κ2) is 4.86. The first-order valence-electron chi connectivity index (χ1n) is 6.28. The Balaban J connectivity index is 2.31. The van der Waals surface area contributed by atoms with E-state index in [2.05, 4.69) is 0 Å². The van der Waals surface area contributed by atoms with E-state index in [1.807, 2.05) is 12.1 Å². The van der Waals surface area contributed by atoms with Crippen molar-refractivity contribution in [1.29, 1.82) is 0 Å². The largest absolute Gasteiger partial charge is 0.363 e. The maximum atomic E-state index is 13.0. The Morgan fingerprint density at radius 1 is 1.05 bits per heavy atom. The standard InChI is InChI=1S/C16H11FN2O2/c17-11-6-4-10(5-7-11)13-9-12-3-1-2-8-19(12)14(13)15(20)16(18)21/h1-9H,(H2,18,21). The fourth-order valence-corrected chi connectivity index (χ4v) is 2.32. The average Bonchev–Trinajstić information content (AvgIpc) is 2.86. The summed E-state index contributed by atoms with van der Waals surface area (Å²) in [4.78, 5) is 23.4. The molecule has 3 aromatic rings. The first-order chi connectivity index (χ1) is 10.1. The van der Waals surface area contributed by atoms with Crippen LogP contribution in [0.3, 0.4) is 0 Å². The molecule has 0 saturated carbocycles. The van der Waals surface area contributed by atoms with Gasteiger partial charge in [-0.2, -0.15) is 0 Å². The van der Waals surface area contributed by atoms with Crippen molar-refractivity contribution < 1.29 is 14.0 Å². The zero-order valence-electron chi connectivity index (χ0n) is 10.9. The number of Topliss-reactive ketones (excluding diaryl/α,β-unsaturated/α-hetero) is 1. The van der Waals surface area contributed by atoms with Crippen LogP contribution in [0, 0.1) is 5.82 Å². The molecule has 21 heavy (non-hydrogen) atoms. The molecule has 4 nitrogen and oxygen atoms in total. The lowest BCUT2D eigenvalue weighted by Crippen LogP contribution is -2.24. The highest BCUT2D eigenvalue weighted by atomic mass is 19.1. The van der Waals surface area contributed by atoms with Crippen LogP contribution in [-0.2, 0) is 4.79 Å². The van der Waals surface area contributed by atoms with Crippen molar-refractivity contribution in [1.82, 2.24) is 4.40 Å². The fraction of sp³-hybridized carbons (Fsp3) is 0. The van der Waals surface area contributed by atoms with Crippen LogP contribution in [0.4, 0.5) is 4.39 Å². The van der Waals surface area contributed by atoms with E-state index < -0.39 is 11.7 Å². The van der Waals surface area contributed by atoms with Gasteiger partial charge in [0.25, 0.3) is 11.7 Å². The SMILES string of the molecule is NC(=O)C(=O)c1c(-c2ccc(F)cc2)cc2ccccn12. The normalized spacial score (nSPS) is 10.7. The molecule has 0 atom stereocenters. The number of carbonyl (C=O) groups excluding carboxylic acids is 2. The number of ketones is 1. The molecule has 5 heteroatoms. The van der Waals surface area contributed by atoms with Crippen LogP contribution in [0.1, 0.15) is 10.5 Å². The van der Waals surface area contributed by atoms with Crippen LogP contribution in [0.2, 0.25) is 0 Å². The lowest BCUT2D eigenvalue weighted by atomic mass is 10.0. The zero-order valence-corrected chi connectivity index (χ0v) is 10.9. The van der Waals surface area contributed by atoms with E-state index in [1.165, 1.54) is 12.1 Å². The van der Waals surface area contributed by atoms with Gasteiger partial charge in [-0.1, -0.05) is 18.2 Å². The Hall–Kier alpha value is -2.95. The molecule has 1 aromatic carbocycles. The van der Waals surface area contributed by atoms with E-state index in [0.717, 1.165) is 5.52 Å². The molecule has 3 rings (SSSR count). The average molecular weight is 282 g/mol. The second-order valence-electron chi connectivity index (χ2n) is 4.60. The van der Waals surface area contributed by atoms with Gasteiger partial charge >= 0.3 is 0 Å². The van der Waals surface area contributed by atoms with E-state index in [0.29, 0.717) is 11.1 Å². The van der Waals surface area contributed by atoms with Crippen LogP contribution < -0.4 is 5.73 Å². The molecule has 0 unspecified atom stereocenters. The first kappa shape index (κ1) is 13.1. The van der Waals surface area contributed by atoms with E-state index >= 15 is 0 Å². The summed E-state index contributed by atoms with van der Waals surface area (Å²) in [5, 5.41) is 0. The number of aromatic nitrogens is 1. The van der Waals surface area contributed by atoms with Crippen molar-refractivity contribution >= 4 is 17.2 Å². The summed E-state index contributed by atoms with van der Waals surface area (Å²) >= 11 is 0. The summed E-state index contributed by atoms with van der Waals surface area (Å²) < 4.78 is 14.7. The number of amides is 1. The number of hydrogen-bond acceptors (Lipinski definition) is 2. The Morgan fingerprint density at radius 3 is 2.43 bits per heavy atom. The van der Waals surface area contributed by atoms with E-state index in [1.54, 1.807) is 34.9 Å². The number of carbonyl (C=O) groups is 2. The third-order valence-electron chi connectivity index (χ3n) is 3.27. The number of pyridine rings is 1. The van der Waals surface area contributed by atoms with E-state index in [-0.39, 0.29) is 11.5 Å². The Labute approximate surface area is 119 Å². The van der Waals surface area contributed by atoms with Crippen molar-refractivity contribution in [3.63, 3.8) is 0 Å². The molecule has 2 heterocycles. The minimum atomic E-state index is -1.03. The molecule has 0 aliphatic rings. The third kappa shape index (κ3) is 2.18. The van der Waals surface area contributed by atoms with Gasteiger partial charge in [-0.05, 0) is 35.9 Å². The Kier molecular flexibility index (Phi) is 3.02. The summed E-state index contributed by atoms with van der Waals surface area (Å²) in [5.74, 6) is -2.17. The smallest absolute Gasteiger partial charge is 0.291 e. The van der Waals surface area contributed by atoms with Crippen molar-refractivity contribution in [2.24, 2.45) is 5.73 Å². The molecular formula is C16H11FN2O2. The molecule has 0 aliphatic heterocycles. The van der Waals surface area contributed by atoms with Gasteiger partial charge in [0.1, 0.15) is 11.5 Å². The van der Waals surface area contributed by atoms with Crippen LogP contribution in [0.15, 0.2) is 54.7 Å². The van der Waals surface area contributed by atoms with Crippen LogP contribution >= 0.6 is 0 Å². The lowest BCUT2D eigenvalue weighted by molar-refractivity contribution is -0.114.